The molecule has 1 atom stereocenters. The van der Waals surface area contributed by atoms with Crippen molar-refractivity contribution in [2.75, 3.05) is 17.2 Å². The topological polar surface area (TPSA) is 84.5 Å². The van der Waals surface area contributed by atoms with Gasteiger partial charge in [-0.05, 0) is 42.7 Å². The van der Waals surface area contributed by atoms with E-state index in [0.717, 1.165) is 22.4 Å². The monoisotopic (exact) mass is 558 g/mol. The predicted octanol–water partition coefficient (Wildman–Crippen LogP) is 7.80. The SMILES string of the molecule is CCCC(=O)Nc1cccc(SC(C(=O)Nc2scc(-c3ccccc3)c2C(=O)OCC)c2ccccc2)c1. The number of carbonyl (C=O) groups excluding carboxylic acids is 3. The molecule has 2 N–H and O–H groups in total. The molecular formula is C31H30N2O4S2. The highest BCUT2D eigenvalue weighted by atomic mass is 32.2. The van der Waals surface area contributed by atoms with Crippen LogP contribution >= 0.6 is 23.1 Å². The molecule has 0 saturated carbocycles. The second kappa shape index (κ2) is 13.8. The maximum Gasteiger partial charge on any atom is 0.341 e. The number of hydrogen-bond acceptors (Lipinski definition) is 6. The lowest BCUT2D eigenvalue weighted by molar-refractivity contribution is -0.116. The molecule has 3 aromatic carbocycles. The molecule has 200 valence electrons. The zero-order valence-corrected chi connectivity index (χ0v) is 23.4. The van der Waals surface area contributed by atoms with Crippen LogP contribution < -0.4 is 10.6 Å². The average Bonchev–Trinajstić information content (AvgIpc) is 3.36. The van der Waals surface area contributed by atoms with Gasteiger partial charge in [-0.15, -0.1) is 23.1 Å². The third-order valence-corrected chi connectivity index (χ3v) is 7.92. The van der Waals surface area contributed by atoms with E-state index in [2.05, 4.69) is 10.6 Å². The molecule has 2 amide bonds. The summed E-state index contributed by atoms with van der Waals surface area (Å²) in [4.78, 5) is 39.7. The van der Waals surface area contributed by atoms with Crippen LogP contribution in [-0.2, 0) is 14.3 Å². The second-order valence-electron chi connectivity index (χ2n) is 8.66. The van der Waals surface area contributed by atoms with Crippen LogP contribution in [0.5, 0.6) is 0 Å². The minimum atomic E-state index is -0.606. The Balaban J connectivity index is 1.64. The van der Waals surface area contributed by atoms with Crippen LogP contribution in [0.3, 0.4) is 0 Å². The van der Waals surface area contributed by atoms with Crippen LogP contribution in [0.4, 0.5) is 10.7 Å². The Bertz CT molecular complexity index is 1420. The van der Waals surface area contributed by atoms with Gasteiger partial charge in [-0.2, -0.15) is 0 Å². The number of nitrogens with one attached hydrogen (secondary N) is 2. The fraction of sp³-hybridized carbons (Fsp3) is 0.194. The number of ether oxygens (including phenoxy) is 1. The second-order valence-corrected chi connectivity index (χ2v) is 10.7. The summed E-state index contributed by atoms with van der Waals surface area (Å²) in [5.41, 5.74) is 3.43. The minimum absolute atomic E-state index is 0.0459. The highest BCUT2D eigenvalue weighted by molar-refractivity contribution is 8.00. The minimum Gasteiger partial charge on any atom is -0.462 e. The van der Waals surface area contributed by atoms with Crippen LogP contribution in [0.2, 0.25) is 0 Å². The molecule has 0 aliphatic heterocycles. The van der Waals surface area contributed by atoms with E-state index in [1.807, 2.05) is 97.2 Å². The van der Waals surface area contributed by atoms with Crippen molar-refractivity contribution >= 4 is 51.6 Å². The van der Waals surface area contributed by atoms with Gasteiger partial charge in [-0.1, -0.05) is 73.7 Å². The molecule has 0 fully saturated rings. The Morgan fingerprint density at radius 2 is 1.62 bits per heavy atom. The molecule has 1 unspecified atom stereocenters. The molecule has 0 saturated heterocycles. The first-order valence-electron chi connectivity index (χ1n) is 12.8. The van der Waals surface area contributed by atoms with Gasteiger partial charge in [0.05, 0.1) is 6.61 Å². The molecule has 0 spiro atoms. The third kappa shape index (κ3) is 7.37. The lowest BCUT2D eigenvalue weighted by atomic mass is 10.0. The summed E-state index contributed by atoms with van der Waals surface area (Å²) >= 11 is 2.67. The largest absolute Gasteiger partial charge is 0.462 e. The van der Waals surface area contributed by atoms with Crippen molar-refractivity contribution in [3.63, 3.8) is 0 Å². The van der Waals surface area contributed by atoms with Gasteiger partial charge in [-0.3, -0.25) is 9.59 Å². The first-order valence-corrected chi connectivity index (χ1v) is 14.5. The van der Waals surface area contributed by atoms with E-state index in [-0.39, 0.29) is 18.4 Å². The summed E-state index contributed by atoms with van der Waals surface area (Å²) < 4.78 is 5.35. The summed E-state index contributed by atoms with van der Waals surface area (Å²) in [6.45, 7) is 3.94. The number of thiophene rings is 1. The van der Waals surface area contributed by atoms with Gasteiger partial charge >= 0.3 is 5.97 Å². The smallest absolute Gasteiger partial charge is 0.341 e. The molecular weight excluding hydrogens is 528 g/mol. The van der Waals surface area contributed by atoms with E-state index in [4.69, 9.17) is 4.74 Å². The number of rotatable bonds is 11. The van der Waals surface area contributed by atoms with Crippen molar-refractivity contribution in [2.45, 2.75) is 36.8 Å². The van der Waals surface area contributed by atoms with Gasteiger partial charge in [0.1, 0.15) is 15.8 Å². The summed E-state index contributed by atoms with van der Waals surface area (Å²) in [7, 11) is 0. The maximum absolute atomic E-state index is 13.8. The molecule has 4 rings (SSSR count). The number of thioether (sulfide) groups is 1. The van der Waals surface area contributed by atoms with E-state index in [1.165, 1.54) is 23.1 Å². The third-order valence-electron chi connectivity index (χ3n) is 5.78. The van der Waals surface area contributed by atoms with Crippen LogP contribution in [0.15, 0.2) is 95.2 Å². The molecule has 0 radical (unpaired) electrons. The summed E-state index contributed by atoms with van der Waals surface area (Å²) in [5.74, 6) is -0.790. The van der Waals surface area contributed by atoms with Gasteiger partial charge in [0.2, 0.25) is 11.8 Å². The molecule has 4 aromatic rings. The van der Waals surface area contributed by atoms with E-state index in [1.54, 1.807) is 6.92 Å². The van der Waals surface area contributed by atoms with E-state index >= 15 is 0 Å². The van der Waals surface area contributed by atoms with Crippen LogP contribution in [0, 0.1) is 0 Å². The Labute approximate surface area is 236 Å². The molecule has 1 heterocycles. The summed E-state index contributed by atoms with van der Waals surface area (Å²) in [6, 6.07) is 26.5. The molecule has 8 heteroatoms. The van der Waals surface area contributed by atoms with Crippen molar-refractivity contribution in [1.82, 2.24) is 0 Å². The number of carbonyl (C=O) groups is 3. The molecule has 1 aromatic heterocycles. The van der Waals surface area contributed by atoms with Crippen LogP contribution in [-0.4, -0.2) is 24.4 Å². The normalized spacial score (nSPS) is 11.4. The van der Waals surface area contributed by atoms with Gasteiger partial charge in [0, 0.05) is 27.9 Å². The summed E-state index contributed by atoms with van der Waals surface area (Å²) in [5, 5.41) is 7.63. The fourth-order valence-corrected chi connectivity index (χ4v) is 6.04. The maximum atomic E-state index is 13.8. The quantitative estimate of drug-likeness (QED) is 0.145. The van der Waals surface area contributed by atoms with Crippen molar-refractivity contribution in [2.24, 2.45) is 0 Å². The Morgan fingerprint density at radius 3 is 2.31 bits per heavy atom. The fourth-order valence-electron chi connectivity index (χ4n) is 4.00. The van der Waals surface area contributed by atoms with E-state index < -0.39 is 11.2 Å². The van der Waals surface area contributed by atoms with E-state index in [0.29, 0.717) is 28.2 Å². The van der Waals surface area contributed by atoms with Crippen molar-refractivity contribution in [1.29, 1.82) is 0 Å². The first kappa shape index (κ1) is 28.1. The number of amides is 2. The van der Waals surface area contributed by atoms with Crippen LogP contribution in [0.1, 0.15) is 47.9 Å². The van der Waals surface area contributed by atoms with Crippen LogP contribution in [0.25, 0.3) is 11.1 Å². The lowest BCUT2D eigenvalue weighted by Gasteiger charge is -2.18. The van der Waals surface area contributed by atoms with Crippen molar-refractivity contribution in [3.8, 4) is 11.1 Å². The van der Waals surface area contributed by atoms with Gasteiger partial charge in [0.15, 0.2) is 0 Å². The average molecular weight is 559 g/mol. The first-order chi connectivity index (χ1) is 19.0. The van der Waals surface area contributed by atoms with Crippen molar-refractivity contribution < 1.29 is 19.1 Å². The zero-order chi connectivity index (χ0) is 27.6. The highest BCUT2D eigenvalue weighted by Crippen LogP contribution is 2.40. The standard InChI is InChI=1S/C31H30N2O4S2/c1-3-12-26(34)32-23-17-11-18-24(19-23)39-28(22-15-9-6-10-16-22)29(35)33-30-27(31(36)37-4-2)25(20-38-30)21-13-7-5-8-14-21/h5-11,13-20,28H,3-4,12H2,1-2H3,(H,32,34)(H,33,35). The van der Waals surface area contributed by atoms with Gasteiger partial charge in [0.25, 0.3) is 0 Å². The Hall–Kier alpha value is -3.88. The van der Waals surface area contributed by atoms with Gasteiger partial charge < -0.3 is 15.4 Å². The number of esters is 1. The number of hydrogen-bond donors (Lipinski definition) is 2. The lowest BCUT2D eigenvalue weighted by Crippen LogP contribution is -2.20. The molecule has 6 nitrogen and oxygen atoms in total. The Kier molecular flexibility index (Phi) is 9.94. The van der Waals surface area contributed by atoms with Crippen molar-refractivity contribution in [3.05, 3.63) is 101 Å². The number of benzene rings is 3. The molecule has 0 bridgehead atoms. The Morgan fingerprint density at radius 1 is 0.897 bits per heavy atom. The molecule has 0 aliphatic carbocycles. The summed E-state index contributed by atoms with van der Waals surface area (Å²) in [6.07, 6.45) is 1.21. The van der Waals surface area contributed by atoms with E-state index in [9.17, 15) is 14.4 Å². The zero-order valence-electron chi connectivity index (χ0n) is 21.8. The molecule has 0 aliphatic rings. The predicted molar refractivity (Wildman–Crippen MR) is 159 cm³/mol. The van der Waals surface area contributed by atoms with Gasteiger partial charge in [-0.25, -0.2) is 4.79 Å². The number of anilines is 2. The highest BCUT2D eigenvalue weighted by Gasteiger charge is 2.27. The molecule has 39 heavy (non-hydrogen) atoms.